The van der Waals surface area contributed by atoms with Gasteiger partial charge in [0.25, 0.3) is 5.91 Å². The van der Waals surface area contributed by atoms with Crippen LogP contribution in [-0.4, -0.2) is 54.5 Å². The molecule has 12 nitrogen and oxygen atoms in total. The molecule has 4 aromatic rings. The number of carboxylic acids is 1. The van der Waals surface area contributed by atoms with Gasteiger partial charge in [-0.15, -0.1) is 0 Å². The molecule has 12 heteroatoms. The summed E-state index contributed by atoms with van der Waals surface area (Å²) in [6.07, 6.45) is 6.32. The minimum atomic E-state index is -0.984. The number of methoxy groups -OCH3 is 1. The molecule has 1 atom stereocenters. The molecule has 1 unspecified atom stereocenters. The standard InChI is InChI=1S/C39H43N3O7.C3H6O2/c1-3-4-5-6-7-24-48-33-22-14-30(15-23-33)39(46)49-34-20-10-27(11-21-34)25-35(37(40)44)42-38(45)29-12-16-31(17-13-29)41-36(43)26-28-8-18-32(47-2)19-9-28;1-2-3(4)5/h8-23,35H,3-7,24-26H2,1-2H3,(H2,40,44)(H,41,43)(H,42,45);2H2,1H3,(H,4,5). The average Bonchev–Trinajstić information content (AvgIpc) is 3.17. The van der Waals surface area contributed by atoms with Crippen molar-refractivity contribution in [2.24, 2.45) is 5.73 Å². The Hall–Kier alpha value is -6.17. The lowest BCUT2D eigenvalue weighted by Crippen LogP contribution is -2.45. The second kappa shape index (κ2) is 22.7. The van der Waals surface area contributed by atoms with E-state index in [1.165, 1.54) is 19.3 Å². The first kappa shape index (κ1) is 42.2. The predicted octanol–water partition coefficient (Wildman–Crippen LogP) is 6.75. The number of esters is 1. The van der Waals surface area contributed by atoms with Crippen LogP contribution in [-0.2, 0) is 27.2 Å². The normalized spacial score (nSPS) is 10.9. The van der Waals surface area contributed by atoms with Gasteiger partial charge in [-0.2, -0.15) is 0 Å². The third-order valence-electron chi connectivity index (χ3n) is 8.09. The van der Waals surface area contributed by atoms with Gasteiger partial charge in [-0.25, -0.2) is 4.79 Å². The van der Waals surface area contributed by atoms with Crippen LogP contribution >= 0.6 is 0 Å². The number of aliphatic carboxylic acids is 1. The maximum absolute atomic E-state index is 12.9. The molecule has 0 aliphatic heterocycles. The van der Waals surface area contributed by atoms with Crippen LogP contribution in [0.15, 0.2) is 97.1 Å². The Morgan fingerprint density at radius 3 is 1.83 bits per heavy atom. The second-order valence-electron chi connectivity index (χ2n) is 12.4. The number of anilines is 1. The first-order valence-corrected chi connectivity index (χ1v) is 17.9. The number of carbonyl (C=O) groups is 5. The maximum Gasteiger partial charge on any atom is 0.343 e. The van der Waals surface area contributed by atoms with Crippen LogP contribution in [0.25, 0.3) is 0 Å². The minimum Gasteiger partial charge on any atom is -0.497 e. The molecule has 4 aromatic carbocycles. The van der Waals surface area contributed by atoms with Crippen molar-refractivity contribution in [3.63, 3.8) is 0 Å². The van der Waals surface area contributed by atoms with Gasteiger partial charge in [0, 0.05) is 24.1 Å². The monoisotopic (exact) mass is 739 g/mol. The number of hydrogen-bond acceptors (Lipinski definition) is 8. The first-order chi connectivity index (χ1) is 26.0. The summed E-state index contributed by atoms with van der Waals surface area (Å²) < 4.78 is 16.4. The summed E-state index contributed by atoms with van der Waals surface area (Å²) in [5.41, 5.74) is 8.35. The molecule has 0 saturated heterocycles. The highest BCUT2D eigenvalue weighted by Crippen LogP contribution is 2.19. The van der Waals surface area contributed by atoms with E-state index in [-0.39, 0.29) is 25.2 Å². The van der Waals surface area contributed by atoms with Crippen molar-refractivity contribution in [1.82, 2.24) is 5.32 Å². The van der Waals surface area contributed by atoms with Gasteiger partial charge in [0.2, 0.25) is 11.8 Å². The fraction of sp³-hybridized carbons (Fsp3) is 0.310. The number of carboxylic acid groups (broad SMARTS) is 1. The quantitative estimate of drug-likeness (QED) is 0.0459. The molecule has 54 heavy (non-hydrogen) atoms. The fourth-order valence-corrected chi connectivity index (χ4v) is 4.98. The number of carbonyl (C=O) groups excluding carboxylic acids is 4. The summed E-state index contributed by atoms with van der Waals surface area (Å²) in [5.74, 6) is -0.913. The molecule has 0 heterocycles. The van der Waals surface area contributed by atoms with Crippen LogP contribution < -0.4 is 30.6 Å². The molecule has 0 fully saturated rings. The van der Waals surface area contributed by atoms with E-state index in [9.17, 15) is 24.0 Å². The Morgan fingerprint density at radius 1 is 0.704 bits per heavy atom. The Balaban J connectivity index is 0.00000147. The van der Waals surface area contributed by atoms with E-state index in [1.807, 2.05) is 12.1 Å². The van der Waals surface area contributed by atoms with Gasteiger partial charge in [0.1, 0.15) is 23.3 Å². The van der Waals surface area contributed by atoms with E-state index in [0.29, 0.717) is 46.2 Å². The number of ether oxygens (including phenoxy) is 3. The van der Waals surface area contributed by atoms with Crippen molar-refractivity contribution in [2.45, 2.75) is 71.3 Å². The van der Waals surface area contributed by atoms with Crippen LogP contribution in [0.1, 0.15) is 84.2 Å². The number of primary amides is 1. The lowest BCUT2D eigenvalue weighted by atomic mass is 10.0. The molecule has 0 aliphatic rings. The van der Waals surface area contributed by atoms with E-state index in [1.54, 1.807) is 99.0 Å². The van der Waals surface area contributed by atoms with Crippen molar-refractivity contribution >= 4 is 35.3 Å². The third kappa shape index (κ3) is 15.2. The molecular formula is C42H49N3O9. The van der Waals surface area contributed by atoms with Gasteiger partial charge in [-0.1, -0.05) is 63.8 Å². The van der Waals surface area contributed by atoms with E-state index < -0.39 is 29.8 Å². The lowest BCUT2D eigenvalue weighted by molar-refractivity contribution is -0.136. The van der Waals surface area contributed by atoms with E-state index in [0.717, 1.165) is 18.4 Å². The Labute approximate surface area is 316 Å². The summed E-state index contributed by atoms with van der Waals surface area (Å²) in [4.78, 5) is 59.6. The summed E-state index contributed by atoms with van der Waals surface area (Å²) in [7, 11) is 1.58. The molecule has 0 radical (unpaired) electrons. The molecule has 0 saturated carbocycles. The highest BCUT2D eigenvalue weighted by molar-refractivity contribution is 5.98. The number of benzene rings is 4. The summed E-state index contributed by atoms with van der Waals surface area (Å²) in [6.45, 7) is 4.42. The van der Waals surface area contributed by atoms with Gasteiger partial charge in [0.15, 0.2) is 0 Å². The molecular weight excluding hydrogens is 690 g/mol. The highest BCUT2D eigenvalue weighted by atomic mass is 16.5. The predicted molar refractivity (Wildman–Crippen MR) is 206 cm³/mol. The molecule has 0 spiro atoms. The van der Waals surface area contributed by atoms with Gasteiger partial charge in [-0.05, 0) is 90.3 Å². The SMILES string of the molecule is CCC(=O)O.CCCCCCCOc1ccc(C(=O)Oc2ccc(CC(NC(=O)c3ccc(NC(=O)Cc4ccc(OC)cc4)cc3)C(N)=O)cc2)cc1. The molecule has 0 aliphatic carbocycles. The zero-order chi connectivity index (χ0) is 39.3. The molecule has 0 aromatic heterocycles. The number of unbranched alkanes of at least 4 members (excludes halogenated alkanes) is 4. The molecule has 286 valence electrons. The van der Waals surface area contributed by atoms with Crippen LogP contribution in [0.2, 0.25) is 0 Å². The van der Waals surface area contributed by atoms with E-state index >= 15 is 0 Å². The van der Waals surface area contributed by atoms with Crippen molar-refractivity contribution in [3.8, 4) is 17.2 Å². The zero-order valence-corrected chi connectivity index (χ0v) is 31.0. The van der Waals surface area contributed by atoms with Crippen LogP contribution in [0.5, 0.6) is 17.2 Å². The number of nitrogens with two attached hydrogens (primary N) is 1. The number of rotatable bonds is 19. The molecule has 0 bridgehead atoms. The smallest absolute Gasteiger partial charge is 0.343 e. The highest BCUT2D eigenvalue weighted by Gasteiger charge is 2.20. The minimum absolute atomic E-state index is 0.134. The van der Waals surface area contributed by atoms with Gasteiger partial charge in [0.05, 0.1) is 25.7 Å². The van der Waals surface area contributed by atoms with Crippen molar-refractivity contribution in [3.05, 3.63) is 119 Å². The van der Waals surface area contributed by atoms with Gasteiger partial charge < -0.3 is 35.7 Å². The fourth-order valence-electron chi connectivity index (χ4n) is 4.98. The first-order valence-electron chi connectivity index (χ1n) is 17.9. The van der Waals surface area contributed by atoms with Crippen LogP contribution in [0, 0.1) is 0 Å². The number of hydrogen-bond donors (Lipinski definition) is 4. The van der Waals surface area contributed by atoms with E-state index in [2.05, 4.69) is 17.6 Å². The Morgan fingerprint density at radius 2 is 1.26 bits per heavy atom. The van der Waals surface area contributed by atoms with Gasteiger partial charge >= 0.3 is 11.9 Å². The largest absolute Gasteiger partial charge is 0.497 e. The number of amides is 3. The van der Waals surface area contributed by atoms with E-state index in [4.69, 9.17) is 25.1 Å². The molecule has 4 rings (SSSR count). The zero-order valence-electron chi connectivity index (χ0n) is 31.0. The topological polar surface area (TPSA) is 183 Å². The lowest BCUT2D eigenvalue weighted by Gasteiger charge is -2.16. The van der Waals surface area contributed by atoms with Crippen molar-refractivity contribution < 1.29 is 43.3 Å². The van der Waals surface area contributed by atoms with Gasteiger partial charge in [-0.3, -0.25) is 19.2 Å². The molecule has 3 amide bonds. The Kier molecular flexibility index (Phi) is 17.8. The summed E-state index contributed by atoms with van der Waals surface area (Å²) >= 11 is 0. The number of nitrogens with one attached hydrogen (secondary N) is 2. The van der Waals surface area contributed by atoms with Crippen LogP contribution in [0.3, 0.4) is 0 Å². The van der Waals surface area contributed by atoms with Crippen molar-refractivity contribution in [2.75, 3.05) is 19.0 Å². The molecule has 5 N–H and O–H groups in total. The van der Waals surface area contributed by atoms with Crippen LogP contribution in [0.4, 0.5) is 5.69 Å². The maximum atomic E-state index is 12.9. The third-order valence-corrected chi connectivity index (χ3v) is 8.09. The van der Waals surface area contributed by atoms with Crippen molar-refractivity contribution in [1.29, 1.82) is 0 Å². The Bertz CT molecular complexity index is 1790. The second-order valence-corrected chi connectivity index (χ2v) is 12.4. The summed E-state index contributed by atoms with van der Waals surface area (Å²) in [6, 6.07) is 26.0. The average molecular weight is 740 g/mol. The summed E-state index contributed by atoms with van der Waals surface area (Å²) in [5, 5.41) is 13.2.